The molecule has 0 saturated heterocycles. The summed E-state index contributed by atoms with van der Waals surface area (Å²) in [6, 6.07) is 15.7. The van der Waals surface area contributed by atoms with Gasteiger partial charge in [0.2, 0.25) is 0 Å². The minimum absolute atomic E-state index is 0.390. The van der Waals surface area contributed by atoms with Gasteiger partial charge in [-0.2, -0.15) is 0 Å². The number of rotatable bonds is 6. The van der Waals surface area contributed by atoms with Gasteiger partial charge < -0.3 is 10.0 Å². The fourth-order valence-electron chi connectivity index (χ4n) is 4.20. The second-order valence-electron chi connectivity index (χ2n) is 7.94. The fourth-order valence-corrected chi connectivity index (χ4v) is 4.20. The zero-order valence-corrected chi connectivity index (χ0v) is 16.1. The summed E-state index contributed by atoms with van der Waals surface area (Å²) in [6.07, 6.45) is 7.43. The lowest BCUT2D eigenvalue weighted by Gasteiger charge is -2.26. The van der Waals surface area contributed by atoms with E-state index in [1.54, 1.807) is 0 Å². The van der Waals surface area contributed by atoms with E-state index in [1.165, 1.54) is 53.5 Å². The third kappa shape index (κ3) is 4.78. The van der Waals surface area contributed by atoms with Crippen LogP contribution in [-0.4, -0.2) is 17.2 Å². The Morgan fingerprint density at radius 1 is 0.885 bits per heavy atom. The van der Waals surface area contributed by atoms with E-state index in [0.717, 1.165) is 18.3 Å². The van der Waals surface area contributed by atoms with E-state index in [9.17, 15) is 0 Å². The Morgan fingerprint density at radius 3 is 2.15 bits per heavy atom. The maximum absolute atomic E-state index is 9.11. The highest BCUT2D eigenvalue weighted by atomic mass is 16.4. The van der Waals surface area contributed by atoms with Gasteiger partial charge in [-0.05, 0) is 71.7 Å². The van der Waals surface area contributed by atoms with Crippen molar-refractivity contribution >= 4 is 7.12 Å². The summed E-state index contributed by atoms with van der Waals surface area (Å²) in [5.74, 6) is 1.63. The number of benzene rings is 2. The van der Waals surface area contributed by atoms with Crippen LogP contribution in [0.25, 0.3) is 11.1 Å². The highest BCUT2D eigenvalue weighted by Crippen LogP contribution is 2.36. The predicted molar refractivity (Wildman–Crippen MR) is 110 cm³/mol. The van der Waals surface area contributed by atoms with E-state index < -0.39 is 7.12 Å². The molecular weight excluding hydrogens is 319 g/mol. The lowest BCUT2D eigenvalue weighted by molar-refractivity contribution is 0.348. The average Bonchev–Trinajstić information content (AvgIpc) is 2.67. The first-order valence-electron chi connectivity index (χ1n) is 10.1. The molecule has 0 unspecified atom stereocenters. The van der Waals surface area contributed by atoms with E-state index in [-0.39, 0.29) is 0 Å². The van der Waals surface area contributed by atoms with Crippen molar-refractivity contribution in [2.75, 3.05) is 0 Å². The van der Waals surface area contributed by atoms with Crippen molar-refractivity contribution in [3.8, 4) is 11.1 Å². The summed E-state index contributed by atoms with van der Waals surface area (Å²) in [7, 11) is -1.23. The van der Waals surface area contributed by atoms with Gasteiger partial charge >= 0.3 is 7.12 Å². The first-order valence-corrected chi connectivity index (χ1v) is 10.1. The van der Waals surface area contributed by atoms with E-state index in [1.807, 2.05) is 0 Å². The van der Waals surface area contributed by atoms with Gasteiger partial charge in [-0.15, -0.1) is 0 Å². The monoisotopic (exact) mass is 350 g/mol. The van der Waals surface area contributed by atoms with Gasteiger partial charge in [0, 0.05) is 0 Å². The number of hydrogen-bond donors (Lipinski definition) is 2. The van der Waals surface area contributed by atoms with Crippen LogP contribution >= 0.6 is 0 Å². The van der Waals surface area contributed by atoms with E-state index in [0.29, 0.717) is 12.7 Å². The van der Waals surface area contributed by atoms with Crippen molar-refractivity contribution in [2.24, 2.45) is 5.92 Å². The van der Waals surface area contributed by atoms with E-state index in [2.05, 4.69) is 56.3 Å². The zero-order valence-electron chi connectivity index (χ0n) is 16.1. The normalized spacial score (nSPS) is 20.2. The Kier molecular flexibility index (Phi) is 6.55. The molecule has 0 spiro atoms. The second-order valence-corrected chi connectivity index (χ2v) is 7.94. The lowest BCUT2D eigenvalue weighted by Crippen LogP contribution is -2.11. The smallest absolute Gasteiger partial charge is 0.427 e. The van der Waals surface area contributed by atoms with E-state index in [4.69, 9.17) is 10.0 Å². The predicted octanol–water partition coefficient (Wildman–Crippen LogP) is 5.23. The van der Waals surface area contributed by atoms with Crippen molar-refractivity contribution in [3.05, 3.63) is 59.2 Å². The minimum Gasteiger partial charge on any atom is -0.427 e. The van der Waals surface area contributed by atoms with Crippen LogP contribution in [0, 0.1) is 5.92 Å². The van der Waals surface area contributed by atoms with Crippen LogP contribution in [0.1, 0.15) is 62.1 Å². The number of hydrogen-bond acceptors (Lipinski definition) is 2. The molecule has 3 heteroatoms. The molecule has 1 aliphatic rings. The summed E-state index contributed by atoms with van der Waals surface area (Å²) in [5, 5.41) is 18.2. The van der Waals surface area contributed by atoms with Gasteiger partial charge in [0.25, 0.3) is 0 Å². The van der Waals surface area contributed by atoms with Crippen molar-refractivity contribution in [1.29, 1.82) is 0 Å². The Balaban J connectivity index is 1.74. The third-order valence-electron chi connectivity index (χ3n) is 5.99. The van der Waals surface area contributed by atoms with Gasteiger partial charge in [-0.25, -0.2) is 0 Å². The van der Waals surface area contributed by atoms with Gasteiger partial charge in [-0.3, -0.25) is 0 Å². The second kappa shape index (κ2) is 8.88. The van der Waals surface area contributed by atoms with Gasteiger partial charge in [0.15, 0.2) is 0 Å². The Hall–Kier alpha value is -1.58. The van der Waals surface area contributed by atoms with Crippen LogP contribution in [0.5, 0.6) is 0 Å². The molecule has 2 nitrogen and oxygen atoms in total. The fraction of sp³-hybridized carbons (Fsp3) is 0.478. The molecule has 0 atom stereocenters. The van der Waals surface area contributed by atoms with Crippen molar-refractivity contribution in [1.82, 2.24) is 0 Å². The third-order valence-corrected chi connectivity index (χ3v) is 5.99. The lowest BCUT2D eigenvalue weighted by atomic mass is 9.79. The molecule has 0 aromatic heterocycles. The Labute approximate surface area is 158 Å². The van der Waals surface area contributed by atoms with Crippen molar-refractivity contribution < 1.29 is 10.0 Å². The van der Waals surface area contributed by atoms with Crippen molar-refractivity contribution in [2.45, 2.75) is 64.6 Å². The maximum atomic E-state index is 9.11. The molecule has 1 aliphatic carbocycles. The maximum Gasteiger partial charge on any atom is 0.451 e. The zero-order chi connectivity index (χ0) is 18.5. The molecule has 2 N–H and O–H groups in total. The summed E-state index contributed by atoms with van der Waals surface area (Å²) < 4.78 is 0. The summed E-state index contributed by atoms with van der Waals surface area (Å²) in [6.45, 7) is 4.53. The molecule has 0 heterocycles. The Morgan fingerprint density at radius 2 is 1.54 bits per heavy atom. The largest absolute Gasteiger partial charge is 0.451 e. The highest BCUT2D eigenvalue weighted by molar-refractivity contribution is 6.41. The molecule has 1 fully saturated rings. The van der Waals surface area contributed by atoms with Crippen LogP contribution in [0.15, 0.2) is 42.5 Å². The van der Waals surface area contributed by atoms with Crippen LogP contribution in [0.4, 0.5) is 0 Å². The number of aryl methyl sites for hydroxylation is 2. The van der Waals surface area contributed by atoms with Gasteiger partial charge in [0.05, 0.1) is 0 Å². The van der Waals surface area contributed by atoms with E-state index >= 15 is 0 Å². The molecule has 26 heavy (non-hydrogen) atoms. The molecule has 3 rings (SSSR count). The standard InChI is InChI=1S/C23H31BO2/c1-3-18-16-23(13-12-22(18)14-15-24(25)26)21-10-8-20(9-11-21)19-6-4-17(2)5-7-19/h8-13,16-17,19,25-26H,3-7,14-15H2,1-2H3. The molecule has 0 radical (unpaired) electrons. The molecule has 138 valence electrons. The molecule has 2 aromatic carbocycles. The summed E-state index contributed by atoms with van der Waals surface area (Å²) in [4.78, 5) is 0. The van der Waals surface area contributed by atoms with Crippen molar-refractivity contribution in [3.63, 3.8) is 0 Å². The quantitative estimate of drug-likeness (QED) is 0.701. The van der Waals surface area contributed by atoms with Gasteiger partial charge in [-0.1, -0.05) is 69.2 Å². The molecule has 2 aromatic rings. The molecule has 0 amide bonds. The topological polar surface area (TPSA) is 40.5 Å². The average molecular weight is 350 g/mol. The minimum atomic E-state index is -1.23. The van der Waals surface area contributed by atoms with Crippen LogP contribution in [-0.2, 0) is 12.8 Å². The first-order chi connectivity index (χ1) is 12.6. The Bertz CT molecular complexity index is 701. The first kappa shape index (κ1) is 19.2. The van der Waals surface area contributed by atoms with Crippen LogP contribution < -0.4 is 0 Å². The van der Waals surface area contributed by atoms with Crippen LogP contribution in [0.2, 0.25) is 6.32 Å². The SMILES string of the molecule is CCc1cc(-c2ccc(C3CCC(C)CC3)cc2)ccc1CCB(O)O. The molecule has 0 bridgehead atoms. The summed E-state index contributed by atoms with van der Waals surface area (Å²) in [5.41, 5.74) is 6.52. The molecular formula is C23H31BO2. The molecule has 0 aliphatic heterocycles. The van der Waals surface area contributed by atoms with Gasteiger partial charge in [0.1, 0.15) is 0 Å². The highest BCUT2D eigenvalue weighted by Gasteiger charge is 2.19. The summed E-state index contributed by atoms with van der Waals surface area (Å²) >= 11 is 0. The van der Waals surface area contributed by atoms with Crippen LogP contribution in [0.3, 0.4) is 0 Å². The molecule has 1 saturated carbocycles.